The van der Waals surface area contributed by atoms with Crippen molar-refractivity contribution in [3.8, 4) is 0 Å². The van der Waals surface area contributed by atoms with Gasteiger partial charge in [-0.25, -0.2) is 0 Å². The van der Waals surface area contributed by atoms with Crippen molar-refractivity contribution in [2.24, 2.45) is 5.73 Å². The summed E-state index contributed by atoms with van der Waals surface area (Å²) in [6.07, 6.45) is 14.2. The Morgan fingerprint density at radius 3 is 2.35 bits per heavy atom. The Labute approximate surface area is 106 Å². The van der Waals surface area contributed by atoms with Crippen LogP contribution >= 0.6 is 0 Å². The van der Waals surface area contributed by atoms with E-state index in [0.717, 1.165) is 0 Å². The van der Waals surface area contributed by atoms with Gasteiger partial charge in [-0.3, -0.25) is 0 Å². The molecule has 0 aromatic carbocycles. The average Bonchev–Trinajstić information content (AvgIpc) is 2.39. The van der Waals surface area contributed by atoms with E-state index >= 15 is 0 Å². The maximum Gasteiger partial charge on any atom is 0.0441 e. The lowest BCUT2D eigenvalue weighted by atomic mass is 9.72. The molecule has 0 heterocycles. The van der Waals surface area contributed by atoms with Crippen LogP contribution in [-0.2, 0) is 0 Å². The summed E-state index contributed by atoms with van der Waals surface area (Å²) in [5.41, 5.74) is 8.42. The predicted octanol–water partition coefficient (Wildman–Crippen LogP) is 3.08. The van der Waals surface area contributed by atoms with Crippen LogP contribution in [0.2, 0.25) is 0 Å². The van der Waals surface area contributed by atoms with Crippen LogP contribution < -0.4 is 5.73 Å². The molecule has 2 rings (SSSR count). The molecule has 2 heteroatoms. The first kappa shape index (κ1) is 13.1. The maximum atomic E-state index is 6.65. The minimum Gasteiger partial charge on any atom is -0.323 e. The van der Waals surface area contributed by atoms with Gasteiger partial charge in [-0.15, -0.1) is 0 Å². The molecule has 98 valence electrons. The third kappa shape index (κ3) is 2.58. The number of rotatable bonds is 3. The molecule has 0 aromatic heterocycles. The molecule has 2 aliphatic rings. The normalized spacial score (nSPS) is 26.7. The van der Waals surface area contributed by atoms with Crippen molar-refractivity contribution in [1.82, 2.24) is 4.90 Å². The van der Waals surface area contributed by atoms with Gasteiger partial charge in [0.1, 0.15) is 0 Å². The molecule has 2 nitrogen and oxygen atoms in total. The van der Waals surface area contributed by atoms with Gasteiger partial charge < -0.3 is 10.6 Å². The van der Waals surface area contributed by atoms with Crippen molar-refractivity contribution in [3.63, 3.8) is 0 Å². The van der Waals surface area contributed by atoms with Gasteiger partial charge in [-0.1, -0.05) is 30.9 Å². The number of nitrogens with zero attached hydrogens (tertiary/aromatic N) is 1. The molecule has 1 atom stereocenters. The Balaban J connectivity index is 2.17. The van der Waals surface area contributed by atoms with E-state index in [1.807, 2.05) is 0 Å². The molecule has 0 bridgehead atoms. The van der Waals surface area contributed by atoms with Gasteiger partial charge in [0, 0.05) is 11.6 Å². The summed E-state index contributed by atoms with van der Waals surface area (Å²) >= 11 is 0. The van der Waals surface area contributed by atoms with E-state index in [9.17, 15) is 0 Å². The SMILES string of the molecule is CN(C)C1(C(N)C2=CCCCC2)CCCCC1. The molecule has 17 heavy (non-hydrogen) atoms. The van der Waals surface area contributed by atoms with Crippen LogP contribution in [0.3, 0.4) is 0 Å². The highest BCUT2D eigenvalue weighted by Crippen LogP contribution is 2.38. The number of hydrogen-bond acceptors (Lipinski definition) is 2. The second-order valence-corrected chi connectivity index (χ2v) is 6.06. The van der Waals surface area contributed by atoms with Crippen LogP contribution in [0.4, 0.5) is 0 Å². The lowest BCUT2D eigenvalue weighted by Crippen LogP contribution is -2.59. The lowest BCUT2D eigenvalue weighted by Gasteiger charge is -2.48. The van der Waals surface area contributed by atoms with Crippen LogP contribution in [0.15, 0.2) is 11.6 Å². The second kappa shape index (κ2) is 5.53. The monoisotopic (exact) mass is 236 g/mol. The smallest absolute Gasteiger partial charge is 0.0441 e. The molecule has 1 unspecified atom stereocenters. The van der Waals surface area contributed by atoms with E-state index in [0.29, 0.717) is 0 Å². The number of nitrogens with two attached hydrogens (primary N) is 1. The van der Waals surface area contributed by atoms with E-state index in [4.69, 9.17) is 5.73 Å². The van der Waals surface area contributed by atoms with Crippen LogP contribution in [0.25, 0.3) is 0 Å². The van der Waals surface area contributed by atoms with E-state index < -0.39 is 0 Å². The maximum absolute atomic E-state index is 6.65. The van der Waals surface area contributed by atoms with Crippen LogP contribution in [0.5, 0.6) is 0 Å². The summed E-state index contributed by atoms with van der Waals surface area (Å²) in [5, 5.41) is 0. The predicted molar refractivity (Wildman–Crippen MR) is 74.0 cm³/mol. The summed E-state index contributed by atoms with van der Waals surface area (Å²) in [6.45, 7) is 0. The quantitative estimate of drug-likeness (QED) is 0.763. The largest absolute Gasteiger partial charge is 0.323 e. The molecular formula is C15H28N2. The first-order valence-electron chi connectivity index (χ1n) is 7.29. The topological polar surface area (TPSA) is 29.3 Å². The zero-order valence-corrected chi connectivity index (χ0v) is 11.5. The van der Waals surface area contributed by atoms with Gasteiger partial charge in [0.25, 0.3) is 0 Å². The highest BCUT2D eigenvalue weighted by atomic mass is 15.2. The highest BCUT2D eigenvalue weighted by Gasteiger charge is 2.41. The molecule has 2 N–H and O–H groups in total. The summed E-state index contributed by atoms with van der Waals surface area (Å²) in [4.78, 5) is 2.41. The highest BCUT2D eigenvalue weighted by molar-refractivity contribution is 5.20. The number of hydrogen-bond donors (Lipinski definition) is 1. The van der Waals surface area contributed by atoms with Gasteiger partial charge in [0.2, 0.25) is 0 Å². The molecule has 0 saturated heterocycles. The zero-order valence-electron chi connectivity index (χ0n) is 11.5. The third-order valence-electron chi connectivity index (χ3n) is 4.91. The van der Waals surface area contributed by atoms with Gasteiger partial charge >= 0.3 is 0 Å². The number of allylic oxidation sites excluding steroid dienone is 1. The van der Waals surface area contributed by atoms with E-state index in [1.165, 1.54) is 63.4 Å². The molecular weight excluding hydrogens is 208 g/mol. The molecule has 2 aliphatic carbocycles. The van der Waals surface area contributed by atoms with Crippen molar-refractivity contribution < 1.29 is 0 Å². The van der Waals surface area contributed by atoms with Gasteiger partial charge in [0.05, 0.1) is 0 Å². The van der Waals surface area contributed by atoms with E-state index in [-0.39, 0.29) is 11.6 Å². The molecule has 0 aliphatic heterocycles. The Hall–Kier alpha value is -0.340. The second-order valence-electron chi connectivity index (χ2n) is 6.06. The van der Waals surface area contributed by atoms with Crippen LogP contribution in [0, 0.1) is 0 Å². The first-order chi connectivity index (χ1) is 8.17. The summed E-state index contributed by atoms with van der Waals surface area (Å²) in [6, 6.07) is 0.262. The Morgan fingerprint density at radius 2 is 1.82 bits per heavy atom. The van der Waals surface area contributed by atoms with Crippen molar-refractivity contribution in [2.75, 3.05) is 14.1 Å². The third-order valence-corrected chi connectivity index (χ3v) is 4.91. The lowest BCUT2D eigenvalue weighted by molar-refractivity contribution is 0.0814. The Kier molecular flexibility index (Phi) is 4.26. The molecule has 0 aromatic rings. The van der Waals surface area contributed by atoms with E-state index in [2.05, 4.69) is 25.1 Å². The molecule has 0 spiro atoms. The Bertz CT molecular complexity index is 275. The summed E-state index contributed by atoms with van der Waals surface area (Å²) in [5.74, 6) is 0. The molecule has 0 amide bonds. The fourth-order valence-corrected chi connectivity index (χ4v) is 3.69. The van der Waals surface area contributed by atoms with Gasteiger partial charge in [0.15, 0.2) is 0 Å². The Morgan fingerprint density at radius 1 is 1.12 bits per heavy atom. The average molecular weight is 236 g/mol. The van der Waals surface area contributed by atoms with Crippen molar-refractivity contribution in [3.05, 3.63) is 11.6 Å². The fraction of sp³-hybridized carbons (Fsp3) is 0.867. The van der Waals surface area contributed by atoms with Gasteiger partial charge in [-0.05, 0) is 52.6 Å². The fourth-order valence-electron chi connectivity index (χ4n) is 3.69. The minimum atomic E-state index is 0.238. The summed E-state index contributed by atoms with van der Waals surface area (Å²) < 4.78 is 0. The van der Waals surface area contributed by atoms with Crippen molar-refractivity contribution >= 4 is 0 Å². The van der Waals surface area contributed by atoms with E-state index in [1.54, 1.807) is 0 Å². The standard InChI is InChI=1S/C15H28N2/c1-17(2)15(11-7-4-8-12-15)14(16)13-9-5-3-6-10-13/h9,14H,3-8,10-12,16H2,1-2H3. The van der Waals surface area contributed by atoms with Crippen molar-refractivity contribution in [2.45, 2.75) is 69.4 Å². The minimum absolute atomic E-state index is 0.238. The van der Waals surface area contributed by atoms with Crippen LogP contribution in [0.1, 0.15) is 57.8 Å². The van der Waals surface area contributed by atoms with Crippen LogP contribution in [-0.4, -0.2) is 30.6 Å². The molecule has 1 saturated carbocycles. The van der Waals surface area contributed by atoms with Crippen molar-refractivity contribution in [1.29, 1.82) is 0 Å². The first-order valence-corrected chi connectivity index (χ1v) is 7.29. The molecule has 0 radical (unpaired) electrons. The molecule has 1 fully saturated rings. The number of likely N-dealkylation sites (N-methyl/N-ethyl adjacent to an activating group) is 1. The summed E-state index contributed by atoms with van der Waals surface area (Å²) in [7, 11) is 4.43. The van der Waals surface area contributed by atoms with Gasteiger partial charge in [-0.2, -0.15) is 0 Å². The zero-order chi connectivity index (χ0) is 12.3.